The second kappa shape index (κ2) is 5.36. The summed E-state index contributed by atoms with van der Waals surface area (Å²) in [6, 6.07) is 0. The van der Waals surface area contributed by atoms with Crippen molar-refractivity contribution in [3.63, 3.8) is 0 Å². The van der Waals surface area contributed by atoms with Crippen LogP contribution in [-0.2, 0) is 21.3 Å². The summed E-state index contributed by atoms with van der Waals surface area (Å²) in [5.74, 6) is 0. The maximum atomic E-state index is 2.50. The molecular formula is C15H20Zr. The predicted molar refractivity (Wildman–Crippen MR) is 69.3 cm³/mol. The van der Waals surface area contributed by atoms with E-state index in [-0.39, 0.29) is 0 Å². The van der Waals surface area contributed by atoms with E-state index in [4.69, 9.17) is 0 Å². The van der Waals surface area contributed by atoms with Gasteiger partial charge in [0, 0.05) is 0 Å². The molecule has 0 bridgehead atoms. The molecule has 0 fully saturated rings. The van der Waals surface area contributed by atoms with Crippen LogP contribution in [0.5, 0.6) is 0 Å². The van der Waals surface area contributed by atoms with Crippen molar-refractivity contribution in [2.75, 3.05) is 0 Å². The Balaban J connectivity index is 2.28. The van der Waals surface area contributed by atoms with Crippen molar-refractivity contribution in [3.05, 3.63) is 42.5 Å². The maximum absolute atomic E-state index is 2.50. The van der Waals surface area contributed by atoms with Crippen LogP contribution >= 0.6 is 0 Å². The molecule has 0 nitrogen and oxygen atoms in total. The quantitative estimate of drug-likeness (QED) is 0.728. The summed E-state index contributed by atoms with van der Waals surface area (Å²) in [6.45, 7) is 6.95. The van der Waals surface area contributed by atoms with Gasteiger partial charge in [-0.25, -0.2) is 0 Å². The van der Waals surface area contributed by atoms with E-state index in [9.17, 15) is 0 Å². The number of hydrogen-bond donors (Lipinski definition) is 0. The van der Waals surface area contributed by atoms with Gasteiger partial charge in [0.05, 0.1) is 0 Å². The van der Waals surface area contributed by atoms with Crippen LogP contribution in [0.4, 0.5) is 0 Å². The molecular weight excluding hydrogens is 271 g/mol. The Bertz CT molecular complexity index is 438. The SMILES string of the molecule is CCC1=CC[C]([Zr]([C]2=CC=CC2)=[C](C)C)=C1. The molecule has 2 aliphatic carbocycles. The first-order valence-corrected chi connectivity index (χ1v) is 9.84. The standard InChI is InChI=1S/C7H9.C5H5.C3H6.Zr/c1-2-7-5-3-4-6-7;1-2-4-5-3-1;1-3-2;/h5-6H,2-3H2,1H3;1-3H,4H2;1-2H3;. The van der Waals surface area contributed by atoms with Crippen LogP contribution in [0.2, 0.25) is 0 Å². The van der Waals surface area contributed by atoms with Gasteiger partial charge in [-0.2, -0.15) is 0 Å². The third-order valence-corrected chi connectivity index (χ3v) is 10.6. The number of hydrogen-bond acceptors (Lipinski definition) is 0. The first kappa shape index (κ1) is 12.2. The van der Waals surface area contributed by atoms with E-state index in [1.54, 1.807) is 15.3 Å². The fourth-order valence-corrected chi connectivity index (χ4v) is 9.66. The van der Waals surface area contributed by atoms with Crippen LogP contribution in [0.15, 0.2) is 42.5 Å². The molecule has 0 heterocycles. The van der Waals surface area contributed by atoms with Crippen LogP contribution < -0.4 is 0 Å². The third-order valence-electron chi connectivity index (χ3n) is 3.27. The molecule has 16 heavy (non-hydrogen) atoms. The Hall–Kier alpha value is -0.287. The van der Waals surface area contributed by atoms with Crippen molar-refractivity contribution < 1.29 is 21.3 Å². The summed E-state index contributed by atoms with van der Waals surface area (Å²) >= 11 is -1.57. The molecule has 2 rings (SSSR count). The Morgan fingerprint density at radius 1 is 1.25 bits per heavy atom. The molecule has 0 saturated carbocycles. The summed E-state index contributed by atoms with van der Waals surface area (Å²) in [5, 5.41) is 0. The molecule has 0 amide bonds. The van der Waals surface area contributed by atoms with Crippen molar-refractivity contribution >= 4 is 3.21 Å². The molecule has 0 saturated heterocycles. The minimum absolute atomic E-state index is 1.19. The van der Waals surface area contributed by atoms with Gasteiger partial charge in [0.15, 0.2) is 0 Å². The molecule has 0 atom stereocenters. The van der Waals surface area contributed by atoms with Gasteiger partial charge in [0.1, 0.15) is 0 Å². The van der Waals surface area contributed by atoms with Crippen LogP contribution in [0.1, 0.15) is 40.0 Å². The van der Waals surface area contributed by atoms with Gasteiger partial charge in [0.2, 0.25) is 0 Å². The van der Waals surface area contributed by atoms with E-state index in [0.29, 0.717) is 0 Å². The third kappa shape index (κ3) is 2.51. The van der Waals surface area contributed by atoms with E-state index in [2.05, 4.69) is 51.2 Å². The topological polar surface area (TPSA) is 0 Å². The summed E-state index contributed by atoms with van der Waals surface area (Å²) in [4.78, 5) is 0. The average molecular weight is 292 g/mol. The zero-order valence-corrected chi connectivity index (χ0v) is 13.0. The second-order valence-electron chi connectivity index (χ2n) is 4.71. The summed E-state index contributed by atoms with van der Waals surface area (Å²) < 4.78 is 5.27. The Morgan fingerprint density at radius 2 is 2.06 bits per heavy atom. The van der Waals surface area contributed by atoms with Crippen LogP contribution in [0.3, 0.4) is 0 Å². The Morgan fingerprint density at radius 3 is 2.56 bits per heavy atom. The number of rotatable bonds is 3. The predicted octanol–water partition coefficient (Wildman–Crippen LogP) is 4.28. The van der Waals surface area contributed by atoms with Gasteiger partial charge < -0.3 is 0 Å². The Labute approximate surface area is 107 Å². The zero-order valence-electron chi connectivity index (χ0n) is 10.5. The van der Waals surface area contributed by atoms with Crippen molar-refractivity contribution in [1.82, 2.24) is 0 Å². The van der Waals surface area contributed by atoms with Gasteiger partial charge in [-0.3, -0.25) is 0 Å². The molecule has 0 N–H and O–H groups in total. The summed E-state index contributed by atoms with van der Waals surface area (Å²) in [6.07, 6.45) is 15.5. The molecule has 84 valence electrons. The number of allylic oxidation sites excluding steroid dienone is 8. The van der Waals surface area contributed by atoms with Gasteiger partial charge in [0.25, 0.3) is 0 Å². The second-order valence-corrected chi connectivity index (χ2v) is 12.2. The van der Waals surface area contributed by atoms with E-state index in [1.165, 1.54) is 19.3 Å². The van der Waals surface area contributed by atoms with Crippen LogP contribution in [0.25, 0.3) is 0 Å². The first-order valence-electron chi connectivity index (χ1n) is 6.16. The molecule has 1 heteroatoms. The van der Waals surface area contributed by atoms with E-state index >= 15 is 0 Å². The van der Waals surface area contributed by atoms with Gasteiger partial charge in [-0.15, -0.1) is 0 Å². The van der Waals surface area contributed by atoms with Gasteiger partial charge >= 0.3 is 107 Å². The minimum atomic E-state index is -1.57. The first-order chi connectivity index (χ1) is 7.72. The van der Waals surface area contributed by atoms with Crippen molar-refractivity contribution in [2.45, 2.75) is 40.0 Å². The zero-order chi connectivity index (χ0) is 11.5. The summed E-state index contributed by atoms with van der Waals surface area (Å²) in [7, 11) is 0. The van der Waals surface area contributed by atoms with Gasteiger partial charge in [-0.1, -0.05) is 0 Å². The monoisotopic (exact) mass is 290 g/mol. The van der Waals surface area contributed by atoms with Crippen molar-refractivity contribution in [1.29, 1.82) is 0 Å². The van der Waals surface area contributed by atoms with E-state index in [0.717, 1.165) is 0 Å². The molecule has 0 radical (unpaired) electrons. The molecule has 0 aromatic rings. The van der Waals surface area contributed by atoms with Crippen molar-refractivity contribution in [3.8, 4) is 0 Å². The average Bonchev–Trinajstić information content (AvgIpc) is 2.88. The fraction of sp³-hybridized carbons (Fsp3) is 0.400. The summed E-state index contributed by atoms with van der Waals surface area (Å²) in [5.41, 5.74) is 1.56. The van der Waals surface area contributed by atoms with Gasteiger partial charge in [-0.05, 0) is 0 Å². The van der Waals surface area contributed by atoms with Crippen LogP contribution in [0, 0.1) is 0 Å². The Kier molecular flexibility index (Phi) is 4.08. The van der Waals surface area contributed by atoms with Crippen molar-refractivity contribution in [2.24, 2.45) is 0 Å². The molecule has 2 aliphatic rings. The fourth-order valence-electron chi connectivity index (χ4n) is 2.48. The molecule has 0 aromatic heterocycles. The molecule has 0 aliphatic heterocycles. The van der Waals surface area contributed by atoms with Crippen LogP contribution in [-0.4, -0.2) is 3.21 Å². The molecule has 0 unspecified atom stereocenters. The normalized spacial score (nSPS) is 18.3. The molecule has 0 spiro atoms. The van der Waals surface area contributed by atoms with E-state index in [1.807, 2.05) is 0 Å². The molecule has 0 aromatic carbocycles. The van der Waals surface area contributed by atoms with E-state index < -0.39 is 21.3 Å².